The van der Waals surface area contributed by atoms with Crippen LogP contribution in [0.5, 0.6) is 0 Å². The Kier molecular flexibility index (Phi) is 6.45. The van der Waals surface area contributed by atoms with E-state index in [9.17, 15) is 14.0 Å². The van der Waals surface area contributed by atoms with Gasteiger partial charge in [-0.15, -0.1) is 0 Å². The summed E-state index contributed by atoms with van der Waals surface area (Å²) < 4.78 is 23.0. The number of ether oxygens (including phenoxy) is 2. The molecule has 0 N–H and O–H groups in total. The molecule has 0 aliphatic heterocycles. The van der Waals surface area contributed by atoms with Gasteiger partial charge >= 0.3 is 11.9 Å². The highest BCUT2D eigenvalue weighted by Crippen LogP contribution is 2.38. The molecule has 0 bridgehead atoms. The van der Waals surface area contributed by atoms with Crippen LogP contribution in [0.2, 0.25) is 0 Å². The fourth-order valence-electron chi connectivity index (χ4n) is 1.49. The molecule has 0 aromatic rings. The summed E-state index contributed by atoms with van der Waals surface area (Å²) in [5, 5.41) is 0. The number of halogens is 2. The number of esters is 2. The molecule has 0 fully saturated rings. The Bertz CT molecular complexity index is 251. The first kappa shape index (κ1) is 16.2. The maximum absolute atomic E-state index is 13.6. The fraction of sp³-hybridized carbons (Fsp3) is 0.818. The summed E-state index contributed by atoms with van der Waals surface area (Å²) in [6.07, 6.45) is 0. The van der Waals surface area contributed by atoms with Crippen molar-refractivity contribution in [1.82, 2.24) is 0 Å². The molecule has 0 rings (SSSR count). The lowest BCUT2D eigenvalue weighted by Crippen LogP contribution is -2.51. The molecule has 0 heterocycles. The van der Waals surface area contributed by atoms with Crippen LogP contribution < -0.4 is 0 Å². The van der Waals surface area contributed by atoms with Crippen molar-refractivity contribution in [2.24, 2.45) is 11.3 Å². The number of alkyl halides is 2. The van der Waals surface area contributed by atoms with Gasteiger partial charge in [0.25, 0.3) is 0 Å². The van der Waals surface area contributed by atoms with Gasteiger partial charge in [-0.05, 0) is 19.8 Å². The van der Waals surface area contributed by atoms with E-state index in [4.69, 9.17) is 21.1 Å². The van der Waals surface area contributed by atoms with Gasteiger partial charge in [0.15, 0.2) is 0 Å². The normalized spacial score (nSPS) is 13.4. The molecule has 4 nitrogen and oxygen atoms in total. The second-order valence-corrected chi connectivity index (χ2v) is 4.15. The molecular weight excluding hydrogens is 251 g/mol. The van der Waals surface area contributed by atoms with E-state index in [1.165, 1.54) is 13.8 Å². The van der Waals surface area contributed by atoms with Crippen molar-refractivity contribution >= 4 is 23.5 Å². The highest BCUT2D eigenvalue weighted by atomic mass is 35.5. The van der Waals surface area contributed by atoms with E-state index in [1.807, 2.05) is 0 Å². The highest BCUT2D eigenvalue weighted by molar-refractivity contribution is 6.24. The predicted molar refractivity (Wildman–Crippen MR) is 61.3 cm³/mol. The second-order valence-electron chi connectivity index (χ2n) is 3.77. The summed E-state index contributed by atoms with van der Waals surface area (Å²) in [6.45, 7) is 6.24. The average molecular weight is 269 g/mol. The van der Waals surface area contributed by atoms with E-state index >= 15 is 0 Å². The summed E-state index contributed by atoms with van der Waals surface area (Å²) in [6, 6.07) is 0. The van der Waals surface area contributed by atoms with E-state index in [2.05, 4.69) is 0 Å². The molecule has 1 unspecified atom stereocenters. The van der Waals surface area contributed by atoms with Crippen molar-refractivity contribution in [3.63, 3.8) is 0 Å². The van der Waals surface area contributed by atoms with Gasteiger partial charge in [0.05, 0.1) is 13.2 Å². The van der Waals surface area contributed by atoms with Gasteiger partial charge in [-0.1, -0.05) is 25.4 Å². The number of hydrogen-bond acceptors (Lipinski definition) is 4. The Morgan fingerprint density at radius 3 is 1.71 bits per heavy atom. The van der Waals surface area contributed by atoms with Gasteiger partial charge < -0.3 is 9.47 Å². The third kappa shape index (κ3) is 3.09. The number of rotatable bonds is 6. The monoisotopic (exact) mass is 268 g/mol. The van der Waals surface area contributed by atoms with Gasteiger partial charge in [0.1, 0.15) is 0 Å². The molecule has 100 valence electrons. The van der Waals surface area contributed by atoms with Crippen LogP contribution in [0.1, 0.15) is 27.7 Å². The Balaban J connectivity index is 5.43. The van der Waals surface area contributed by atoms with Crippen molar-refractivity contribution in [3.05, 3.63) is 0 Å². The quantitative estimate of drug-likeness (QED) is 0.421. The third-order valence-electron chi connectivity index (χ3n) is 2.48. The Hall–Kier alpha value is -0.840. The summed E-state index contributed by atoms with van der Waals surface area (Å²) in [5.41, 5.74) is -4.30. The van der Waals surface area contributed by atoms with E-state index in [-0.39, 0.29) is 13.2 Å². The Labute approximate surface area is 105 Å². The standard InChI is InChI=1S/C11H18ClFO4/c1-5-16-9(14)11(7(3)4,8(12)13)10(15)17-6-2/h7-8H,5-6H2,1-4H3. The number of carbonyl (C=O) groups is 2. The minimum Gasteiger partial charge on any atom is -0.465 e. The first-order valence-electron chi connectivity index (χ1n) is 5.48. The molecular formula is C11H18ClFO4. The molecule has 0 aromatic heterocycles. The van der Waals surface area contributed by atoms with Crippen molar-refractivity contribution in [2.45, 2.75) is 33.3 Å². The van der Waals surface area contributed by atoms with E-state index in [0.29, 0.717) is 0 Å². The average Bonchev–Trinajstić information content (AvgIpc) is 2.17. The summed E-state index contributed by atoms with van der Waals surface area (Å²) in [4.78, 5) is 23.6. The van der Waals surface area contributed by atoms with Crippen molar-refractivity contribution in [2.75, 3.05) is 13.2 Å². The molecule has 0 radical (unpaired) electrons. The van der Waals surface area contributed by atoms with E-state index in [1.54, 1.807) is 13.8 Å². The third-order valence-corrected chi connectivity index (χ3v) is 2.83. The van der Waals surface area contributed by atoms with Gasteiger partial charge in [0.2, 0.25) is 11.0 Å². The maximum atomic E-state index is 13.6. The predicted octanol–water partition coefficient (Wildman–Crippen LogP) is 2.29. The van der Waals surface area contributed by atoms with E-state index < -0.39 is 28.9 Å². The zero-order chi connectivity index (χ0) is 13.6. The van der Waals surface area contributed by atoms with Crippen molar-refractivity contribution < 1.29 is 23.5 Å². The van der Waals surface area contributed by atoms with Gasteiger partial charge in [-0.2, -0.15) is 0 Å². The minimum absolute atomic E-state index is 0.0380. The summed E-state index contributed by atoms with van der Waals surface area (Å²) >= 11 is 5.39. The van der Waals surface area contributed by atoms with Gasteiger partial charge in [-0.3, -0.25) is 9.59 Å². The van der Waals surface area contributed by atoms with Crippen LogP contribution in [0, 0.1) is 11.3 Å². The van der Waals surface area contributed by atoms with Crippen LogP contribution in [-0.4, -0.2) is 30.8 Å². The van der Waals surface area contributed by atoms with Crippen LogP contribution in [0.25, 0.3) is 0 Å². The molecule has 0 saturated carbocycles. The Morgan fingerprint density at radius 2 is 1.53 bits per heavy atom. The van der Waals surface area contributed by atoms with Crippen molar-refractivity contribution in [3.8, 4) is 0 Å². The molecule has 6 heteroatoms. The summed E-state index contributed by atoms with van der Waals surface area (Å²) in [5.74, 6) is -2.65. The second kappa shape index (κ2) is 6.79. The summed E-state index contributed by atoms with van der Waals surface area (Å²) in [7, 11) is 0. The van der Waals surface area contributed by atoms with Gasteiger partial charge in [0, 0.05) is 0 Å². The van der Waals surface area contributed by atoms with E-state index in [0.717, 1.165) is 0 Å². The Morgan fingerprint density at radius 1 is 1.18 bits per heavy atom. The van der Waals surface area contributed by atoms with Crippen LogP contribution in [0.4, 0.5) is 4.39 Å². The molecule has 0 aliphatic carbocycles. The van der Waals surface area contributed by atoms with Crippen LogP contribution in [-0.2, 0) is 19.1 Å². The molecule has 0 aliphatic rings. The van der Waals surface area contributed by atoms with Crippen molar-refractivity contribution in [1.29, 1.82) is 0 Å². The zero-order valence-corrected chi connectivity index (χ0v) is 11.2. The lowest BCUT2D eigenvalue weighted by atomic mass is 9.78. The highest BCUT2D eigenvalue weighted by Gasteiger charge is 2.58. The maximum Gasteiger partial charge on any atom is 0.328 e. The van der Waals surface area contributed by atoms with Crippen LogP contribution in [0.3, 0.4) is 0 Å². The smallest absolute Gasteiger partial charge is 0.328 e. The molecule has 0 aromatic carbocycles. The molecule has 0 amide bonds. The van der Waals surface area contributed by atoms with Gasteiger partial charge in [-0.25, -0.2) is 4.39 Å². The van der Waals surface area contributed by atoms with Crippen LogP contribution >= 0.6 is 11.6 Å². The molecule has 0 spiro atoms. The minimum atomic E-state index is -2.19. The lowest BCUT2D eigenvalue weighted by molar-refractivity contribution is -0.179. The number of carbonyl (C=O) groups excluding carboxylic acids is 2. The molecule has 0 saturated heterocycles. The topological polar surface area (TPSA) is 52.6 Å². The molecule has 1 atom stereocenters. The SMILES string of the molecule is CCOC(=O)C(C(=O)OCC)(C(C)C)C(F)Cl. The first-order chi connectivity index (χ1) is 7.85. The molecule has 17 heavy (non-hydrogen) atoms. The largest absolute Gasteiger partial charge is 0.465 e. The lowest BCUT2D eigenvalue weighted by Gasteiger charge is -2.32. The first-order valence-corrected chi connectivity index (χ1v) is 5.91. The number of hydrogen-bond donors (Lipinski definition) is 0. The van der Waals surface area contributed by atoms with Crippen LogP contribution in [0.15, 0.2) is 0 Å². The zero-order valence-electron chi connectivity index (χ0n) is 10.5. The fourth-order valence-corrected chi connectivity index (χ4v) is 1.92.